The second-order valence-electron chi connectivity index (χ2n) is 3.72. The van der Waals surface area contributed by atoms with Gasteiger partial charge in [0.25, 0.3) is 0 Å². The van der Waals surface area contributed by atoms with Crippen LogP contribution < -0.4 is 5.73 Å². The van der Waals surface area contributed by atoms with Gasteiger partial charge in [0.15, 0.2) is 0 Å². The molecule has 0 spiro atoms. The molecule has 0 bridgehead atoms. The molecule has 0 radical (unpaired) electrons. The van der Waals surface area contributed by atoms with Gasteiger partial charge in [-0.1, -0.05) is 26.0 Å². The summed E-state index contributed by atoms with van der Waals surface area (Å²) in [5, 5.41) is 0. The van der Waals surface area contributed by atoms with Crippen molar-refractivity contribution in [3.8, 4) is 0 Å². The minimum absolute atomic E-state index is 0.617. The molecular formula is C14H20F3NS. The van der Waals surface area contributed by atoms with Crippen molar-refractivity contribution in [3.05, 3.63) is 46.0 Å². The summed E-state index contributed by atoms with van der Waals surface area (Å²) in [7, 11) is 0. The van der Waals surface area contributed by atoms with E-state index in [-0.39, 0.29) is 0 Å². The van der Waals surface area contributed by atoms with Gasteiger partial charge >= 0.3 is 6.18 Å². The Morgan fingerprint density at radius 3 is 1.95 bits per heavy atom. The smallest absolute Gasteiger partial charge is 0.402 e. The van der Waals surface area contributed by atoms with Gasteiger partial charge in [-0.2, -0.15) is 13.2 Å². The molecule has 0 fully saturated rings. The fraction of sp³-hybridized carbons (Fsp3) is 0.429. The van der Waals surface area contributed by atoms with Crippen LogP contribution in [0.4, 0.5) is 13.2 Å². The lowest BCUT2D eigenvalue weighted by Gasteiger charge is -2.08. The third kappa shape index (κ3) is 6.57. The Hall–Kier alpha value is -1.10. The van der Waals surface area contributed by atoms with E-state index in [1.54, 1.807) is 6.92 Å². The zero-order valence-electron chi connectivity index (χ0n) is 11.6. The molecule has 1 rings (SSSR count). The molecule has 1 aromatic rings. The number of benzene rings is 1. The van der Waals surface area contributed by atoms with Gasteiger partial charge in [-0.05, 0) is 31.5 Å². The molecule has 0 atom stereocenters. The molecule has 1 aromatic carbocycles. The number of rotatable bonds is 3. The first-order valence-corrected chi connectivity index (χ1v) is 7.01. The van der Waals surface area contributed by atoms with Crippen LogP contribution in [0.3, 0.4) is 0 Å². The van der Waals surface area contributed by atoms with Gasteiger partial charge in [-0.25, -0.2) is 0 Å². The Labute approximate surface area is 117 Å². The number of thioether (sulfide) groups is 1. The highest BCUT2D eigenvalue weighted by Crippen LogP contribution is 2.30. The van der Waals surface area contributed by atoms with Crippen molar-refractivity contribution in [3.63, 3.8) is 0 Å². The van der Waals surface area contributed by atoms with Gasteiger partial charge in [-0.3, -0.25) is 0 Å². The predicted molar refractivity (Wildman–Crippen MR) is 76.6 cm³/mol. The van der Waals surface area contributed by atoms with E-state index in [2.05, 4.69) is 0 Å². The van der Waals surface area contributed by atoms with Gasteiger partial charge in [0.1, 0.15) is 0 Å². The van der Waals surface area contributed by atoms with Crippen LogP contribution in [-0.2, 0) is 11.9 Å². The van der Waals surface area contributed by atoms with Crippen molar-refractivity contribution < 1.29 is 13.2 Å². The average molecular weight is 291 g/mol. The minimum Gasteiger partial charge on any atom is -0.402 e. The first-order chi connectivity index (χ1) is 8.80. The van der Waals surface area contributed by atoms with E-state index >= 15 is 0 Å². The van der Waals surface area contributed by atoms with E-state index in [1.165, 1.54) is 23.9 Å². The second kappa shape index (κ2) is 8.15. The molecule has 0 saturated carbocycles. The normalized spacial score (nSPS) is 12.4. The number of halogens is 3. The Bertz CT molecular complexity index is 404. The summed E-state index contributed by atoms with van der Waals surface area (Å²) in [5.41, 5.74) is 6.56. The lowest BCUT2D eigenvalue weighted by molar-refractivity contribution is -0.137. The average Bonchev–Trinajstić information content (AvgIpc) is 2.37. The molecule has 2 N–H and O–H groups in total. The summed E-state index contributed by atoms with van der Waals surface area (Å²) < 4.78 is 36.9. The lowest BCUT2D eigenvalue weighted by atomic mass is 10.1. The van der Waals surface area contributed by atoms with Crippen LogP contribution in [0.2, 0.25) is 0 Å². The summed E-state index contributed by atoms with van der Waals surface area (Å²) >= 11 is 1.52. The SMILES string of the molecule is C/C(N)=C(\C)SCc1ccc(C(F)(F)F)cc1.CC. The maximum atomic E-state index is 12.3. The molecule has 108 valence electrons. The maximum Gasteiger partial charge on any atom is 0.416 e. The standard InChI is InChI=1S/C12H14F3NS.C2H6/c1-8(16)9(2)17-7-10-3-5-11(6-4-10)12(13,14)15;1-2/h3-6H,7,16H2,1-2H3;1-2H3/b9-8-;. The zero-order chi connectivity index (χ0) is 15.1. The first-order valence-electron chi connectivity index (χ1n) is 6.02. The number of hydrogen-bond acceptors (Lipinski definition) is 2. The van der Waals surface area contributed by atoms with E-state index in [4.69, 9.17) is 5.73 Å². The first kappa shape index (κ1) is 17.9. The molecule has 0 aliphatic rings. The van der Waals surface area contributed by atoms with Crippen molar-refractivity contribution >= 4 is 11.8 Å². The Balaban J connectivity index is 0.00000154. The quantitative estimate of drug-likeness (QED) is 0.831. The van der Waals surface area contributed by atoms with E-state index in [0.717, 1.165) is 28.3 Å². The second-order valence-corrected chi connectivity index (χ2v) is 4.91. The molecule has 19 heavy (non-hydrogen) atoms. The Morgan fingerprint density at radius 1 is 1.11 bits per heavy atom. The van der Waals surface area contributed by atoms with Crippen molar-refractivity contribution in [2.45, 2.75) is 39.6 Å². The fourth-order valence-corrected chi connectivity index (χ4v) is 1.90. The third-order valence-corrected chi connectivity index (χ3v) is 3.52. The van der Waals surface area contributed by atoms with Crippen LogP contribution in [0.25, 0.3) is 0 Å². The van der Waals surface area contributed by atoms with Gasteiger partial charge < -0.3 is 5.73 Å². The van der Waals surface area contributed by atoms with Crippen LogP contribution in [0.1, 0.15) is 38.8 Å². The Morgan fingerprint density at radius 2 is 1.58 bits per heavy atom. The van der Waals surface area contributed by atoms with E-state index < -0.39 is 11.7 Å². The van der Waals surface area contributed by atoms with Gasteiger partial charge in [0, 0.05) is 16.4 Å². The molecule has 5 heteroatoms. The number of allylic oxidation sites excluding steroid dienone is 2. The van der Waals surface area contributed by atoms with E-state index in [1.807, 2.05) is 20.8 Å². The van der Waals surface area contributed by atoms with E-state index in [9.17, 15) is 13.2 Å². The predicted octanol–water partition coefficient (Wildman–Crippen LogP) is 5.17. The van der Waals surface area contributed by atoms with Crippen LogP contribution in [0.5, 0.6) is 0 Å². The van der Waals surface area contributed by atoms with Gasteiger partial charge in [0.2, 0.25) is 0 Å². The number of hydrogen-bond donors (Lipinski definition) is 1. The molecule has 0 aliphatic carbocycles. The van der Waals surface area contributed by atoms with Crippen LogP contribution in [0, 0.1) is 0 Å². The molecule has 1 nitrogen and oxygen atoms in total. The monoisotopic (exact) mass is 291 g/mol. The highest BCUT2D eigenvalue weighted by molar-refractivity contribution is 8.02. The number of alkyl halides is 3. The summed E-state index contributed by atoms with van der Waals surface area (Å²) in [4.78, 5) is 0.991. The van der Waals surface area contributed by atoms with Gasteiger partial charge in [-0.15, -0.1) is 11.8 Å². The van der Waals surface area contributed by atoms with Crippen molar-refractivity contribution in [2.24, 2.45) is 5.73 Å². The summed E-state index contributed by atoms with van der Waals surface area (Å²) in [5.74, 6) is 0.624. The summed E-state index contributed by atoms with van der Waals surface area (Å²) in [6, 6.07) is 5.19. The van der Waals surface area contributed by atoms with E-state index in [0.29, 0.717) is 5.75 Å². The summed E-state index contributed by atoms with van der Waals surface area (Å²) in [6.45, 7) is 7.69. The topological polar surface area (TPSA) is 26.0 Å². The lowest BCUT2D eigenvalue weighted by Crippen LogP contribution is -2.04. The molecule has 0 amide bonds. The summed E-state index contributed by atoms with van der Waals surface area (Å²) in [6.07, 6.45) is -4.27. The zero-order valence-corrected chi connectivity index (χ0v) is 12.5. The van der Waals surface area contributed by atoms with Crippen molar-refractivity contribution in [1.82, 2.24) is 0 Å². The maximum absolute atomic E-state index is 12.3. The van der Waals surface area contributed by atoms with Crippen molar-refractivity contribution in [2.75, 3.05) is 0 Å². The Kier molecular flexibility index (Phi) is 7.68. The molecule has 0 heterocycles. The molecule has 0 aliphatic heterocycles. The fourth-order valence-electron chi connectivity index (χ4n) is 1.10. The van der Waals surface area contributed by atoms with Gasteiger partial charge in [0.05, 0.1) is 5.56 Å². The van der Waals surface area contributed by atoms with Crippen molar-refractivity contribution in [1.29, 1.82) is 0 Å². The molecule has 0 saturated heterocycles. The van der Waals surface area contributed by atoms with Crippen LogP contribution in [0.15, 0.2) is 34.9 Å². The molecular weight excluding hydrogens is 271 g/mol. The molecule has 0 unspecified atom stereocenters. The highest BCUT2D eigenvalue weighted by atomic mass is 32.2. The van der Waals surface area contributed by atoms with Crippen LogP contribution >= 0.6 is 11.8 Å². The van der Waals surface area contributed by atoms with Crippen LogP contribution in [-0.4, -0.2) is 0 Å². The largest absolute Gasteiger partial charge is 0.416 e. The third-order valence-electron chi connectivity index (χ3n) is 2.29. The molecule has 0 aromatic heterocycles. The number of nitrogens with two attached hydrogens (primary N) is 1. The highest BCUT2D eigenvalue weighted by Gasteiger charge is 2.29. The minimum atomic E-state index is -4.27.